The first-order valence-electron chi connectivity index (χ1n) is 9.85. The lowest BCUT2D eigenvalue weighted by atomic mass is 10.0. The molecule has 0 radical (unpaired) electrons. The number of nitrogens with one attached hydrogen (secondary N) is 2. The molecule has 9 heteroatoms. The first kappa shape index (κ1) is 23.9. The second kappa shape index (κ2) is 12.3. The lowest BCUT2D eigenvalue weighted by Gasteiger charge is -2.20. The lowest BCUT2D eigenvalue weighted by molar-refractivity contribution is -0.129. The van der Waals surface area contributed by atoms with Crippen molar-refractivity contribution in [2.75, 3.05) is 13.2 Å². The van der Waals surface area contributed by atoms with Gasteiger partial charge in [-0.2, -0.15) is 10.4 Å². The van der Waals surface area contributed by atoms with Crippen LogP contribution in [0.3, 0.4) is 0 Å². The van der Waals surface area contributed by atoms with Gasteiger partial charge in [0.1, 0.15) is 12.1 Å². The van der Waals surface area contributed by atoms with E-state index in [9.17, 15) is 9.59 Å². The van der Waals surface area contributed by atoms with Crippen molar-refractivity contribution in [1.29, 1.82) is 5.26 Å². The average molecular weight is 443 g/mol. The van der Waals surface area contributed by atoms with Gasteiger partial charge in [-0.05, 0) is 48.1 Å². The van der Waals surface area contributed by atoms with Crippen molar-refractivity contribution in [3.05, 3.63) is 46.2 Å². The Labute approximate surface area is 185 Å². The average Bonchev–Trinajstić information content (AvgIpc) is 3.24. The number of nitriles is 1. The summed E-state index contributed by atoms with van der Waals surface area (Å²) in [5.74, 6) is 0.217. The minimum atomic E-state index is -0.703. The van der Waals surface area contributed by atoms with Gasteiger partial charge in [0.05, 0.1) is 19.2 Å². The van der Waals surface area contributed by atoms with Crippen LogP contribution in [-0.2, 0) is 16.0 Å². The molecule has 1 atom stereocenters. The molecular weight excluding hydrogens is 416 g/mol. The van der Waals surface area contributed by atoms with E-state index in [0.717, 1.165) is 4.88 Å². The monoisotopic (exact) mass is 442 g/mol. The van der Waals surface area contributed by atoms with Gasteiger partial charge in [0, 0.05) is 4.88 Å². The summed E-state index contributed by atoms with van der Waals surface area (Å²) >= 11 is 1.50. The Balaban J connectivity index is 1.98. The molecule has 2 amide bonds. The number of rotatable bonds is 11. The van der Waals surface area contributed by atoms with E-state index >= 15 is 0 Å². The van der Waals surface area contributed by atoms with Crippen LogP contribution in [-0.4, -0.2) is 37.3 Å². The Morgan fingerprint density at radius 2 is 2.06 bits per heavy atom. The molecule has 2 N–H and O–H groups in total. The molecule has 0 spiro atoms. The Morgan fingerprint density at radius 3 is 2.71 bits per heavy atom. The SMILES string of the molecule is CCOc1cc(/C=N\NC(=O)[C@H](NC(=O)Cc2cccs2)C(C)C)ccc1OCC#N. The van der Waals surface area contributed by atoms with Crippen LogP contribution < -0.4 is 20.2 Å². The molecule has 0 bridgehead atoms. The van der Waals surface area contributed by atoms with E-state index in [4.69, 9.17) is 14.7 Å². The molecule has 0 fully saturated rings. The zero-order valence-electron chi connectivity index (χ0n) is 17.8. The smallest absolute Gasteiger partial charge is 0.262 e. The maximum absolute atomic E-state index is 12.5. The highest BCUT2D eigenvalue weighted by atomic mass is 32.1. The fraction of sp³-hybridized carbons (Fsp3) is 0.364. The number of ether oxygens (including phenoxy) is 2. The van der Waals surface area contributed by atoms with E-state index in [0.29, 0.717) is 23.7 Å². The van der Waals surface area contributed by atoms with E-state index in [1.165, 1.54) is 17.6 Å². The van der Waals surface area contributed by atoms with Gasteiger partial charge in [-0.15, -0.1) is 11.3 Å². The Bertz CT molecular complexity index is 935. The third kappa shape index (κ3) is 7.75. The summed E-state index contributed by atoms with van der Waals surface area (Å²) in [6, 6.07) is 10.1. The van der Waals surface area contributed by atoms with Crippen LogP contribution in [0.15, 0.2) is 40.8 Å². The third-order valence-electron chi connectivity index (χ3n) is 4.13. The Hall–Kier alpha value is -3.38. The largest absolute Gasteiger partial charge is 0.490 e. The molecule has 0 aliphatic rings. The van der Waals surface area contributed by atoms with E-state index in [1.807, 2.05) is 44.4 Å². The van der Waals surface area contributed by atoms with Crippen LogP contribution in [0.25, 0.3) is 0 Å². The summed E-state index contributed by atoms with van der Waals surface area (Å²) in [4.78, 5) is 25.7. The topological polar surface area (TPSA) is 113 Å². The molecule has 0 aliphatic carbocycles. The quantitative estimate of drug-likeness (QED) is 0.410. The van der Waals surface area contributed by atoms with Crippen LogP contribution in [0, 0.1) is 17.2 Å². The van der Waals surface area contributed by atoms with Crippen LogP contribution >= 0.6 is 11.3 Å². The molecule has 8 nitrogen and oxygen atoms in total. The summed E-state index contributed by atoms with van der Waals surface area (Å²) in [5, 5.41) is 17.3. The Kier molecular flexibility index (Phi) is 9.52. The van der Waals surface area contributed by atoms with Crippen molar-refractivity contribution in [3.63, 3.8) is 0 Å². The van der Waals surface area contributed by atoms with Crippen molar-refractivity contribution >= 4 is 29.4 Å². The fourth-order valence-corrected chi connectivity index (χ4v) is 3.38. The van der Waals surface area contributed by atoms with E-state index in [2.05, 4.69) is 15.8 Å². The number of amides is 2. The summed E-state index contributed by atoms with van der Waals surface area (Å²) in [7, 11) is 0. The van der Waals surface area contributed by atoms with Gasteiger partial charge in [-0.25, -0.2) is 5.43 Å². The first-order chi connectivity index (χ1) is 14.9. The second-order valence-electron chi connectivity index (χ2n) is 6.87. The molecular formula is C22H26N4O4S. The first-order valence-corrected chi connectivity index (χ1v) is 10.7. The normalized spacial score (nSPS) is 11.7. The zero-order valence-corrected chi connectivity index (χ0v) is 18.6. The van der Waals surface area contributed by atoms with Crippen molar-refractivity contribution < 1.29 is 19.1 Å². The lowest BCUT2D eigenvalue weighted by Crippen LogP contribution is -2.49. The number of hydrazone groups is 1. The molecule has 0 unspecified atom stereocenters. The van der Waals surface area contributed by atoms with Gasteiger partial charge in [0.2, 0.25) is 5.91 Å². The standard InChI is InChI=1S/C22H26N4O4S/c1-4-29-19-12-16(7-8-18(19)30-10-9-23)14-24-26-22(28)21(15(2)3)25-20(27)13-17-6-5-11-31-17/h5-8,11-12,14-15,21H,4,10,13H2,1-3H3,(H,25,27)(H,26,28)/b24-14-/t21-/m1/s1. The van der Waals surface area contributed by atoms with Gasteiger partial charge in [0.25, 0.3) is 5.91 Å². The number of hydrogen-bond donors (Lipinski definition) is 2. The van der Waals surface area contributed by atoms with E-state index in [-0.39, 0.29) is 24.9 Å². The summed E-state index contributed by atoms with van der Waals surface area (Å²) in [6.07, 6.45) is 1.71. The van der Waals surface area contributed by atoms with Crippen LogP contribution in [0.1, 0.15) is 31.2 Å². The van der Waals surface area contributed by atoms with Gasteiger partial charge in [0.15, 0.2) is 18.1 Å². The predicted octanol–water partition coefficient (Wildman–Crippen LogP) is 2.88. The third-order valence-corrected chi connectivity index (χ3v) is 5.01. The number of thiophene rings is 1. The van der Waals surface area contributed by atoms with Crippen molar-refractivity contribution in [3.8, 4) is 17.6 Å². The minimum Gasteiger partial charge on any atom is -0.490 e. The number of carbonyl (C=O) groups is 2. The van der Waals surface area contributed by atoms with E-state index in [1.54, 1.807) is 18.2 Å². The molecule has 164 valence electrons. The molecule has 2 rings (SSSR count). The van der Waals surface area contributed by atoms with E-state index < -0.39 is 11.9 Å². The van der Waals surface area contributed by atoms with Gasteiger partial charge in [-0.3, -0.25) is 9.59 Å². The van der Waals surface area contributed by atoms with Gasteiger partial charge < -0.3 is 14.8 Å². The molecule has 1 heterocycles. The van der Waals surface area contributed by atoms with Crippen LogP contribution in [0.5, 0.6) is 11.5 Å². The Morgan fingerprint density at radius 1 is 1.26 bits per heavy atom. The molecule has 1 aromatic carbocycles. The predicted molar refractivity (Wildman–Crippen MR) is 119 cm³/mol. The van der Waals surface area contributed by atoms with Crippen molar-refractivity contribution in [2.45, 2.75) is 33.2 Å². The van der Waals surface area contributed by atoms with Crippen LogP contribution in [0.2, 0.25) is 0 Å². The maximum Gasteiger partial charge on any atom is 0.262 e. The highest BCUT2D eigenvalue weighted by Gasteiger charge is 2.24. The number of carbonyl (C=O) groups excluding carboxylic acids is 2. The molecule has 0 saturated carbocycles. The minimum absolute atomic E-state index is 0.0850. The van der Waals surface area contributed by atoms with Gasteiger partial charge in [-0.1, -0.05) is 19.9 Å². The molecule has 1 aromatic heterocycles. The zero-order chi connectivity index (χ0) is 22.6. The number of benzene rings is 1. The highest BCUT2D eigenvalue weighted by molar-refractivity contribution is 7.10. The van der Waals surface area contributed by atoms with Gasteiger partial charge >= 0.3 is 0 Å². The molecule has 2 aromatic rings. The summed E-state index contributed by atoms with van der Waals surface area (Å²) in [6.45, 7) is 5.90. The molecule has 31 heavy (non-hydrogen) atoms. The number of hydrogen-bond acceptors (Lipinski definition) is 7. The van der Waals surface area contributed by atoms with Crippen LogP contribution in [0.4, 0.5) is 0 Å². The molecule has 0 aliphatic heterocycles. The maximum atomic E-state index is 12.5. The van der Waals surface area contributed by atoms with Crippen molar-refractivity contribution in [2.24, 2.45) is 11.0 Å². The number of nitrogens with zero attached hydrogens (tertiary/aromatic N) is 2. The summed E-state index contributed by atoms with van der Waals surface area (Å²) < 4.78 is 10.9. The highest BCUT2D eigenvalue weighted by Crippen LogP contribution is 2.28. The summed E-state index contributed by atoms with van der Waals surface area (Å²) in [5.41, 5.74) is 3.16. The fourth-order valence-electron chi connectivity index (χ4n) is 2.67. The second-order valence-corrected chi connectivity index (χ2v) is 7.90. The molecule has 0 saturated heterocycles. The van der Waals surface area contributed by atoms with Crippen molar-refractivity contribution in [1.82, 2.24) is 10.7 Å².